The van der Waals surface area contributed by atoms with Gasteiger partial charge in [0, 0.05) is 24.4 Å². The van der Waals surface area contributed by atoms with Gasteiger partial charge >= 0.3 is 0 Å². The molecule has 1 aromatic rings. The number of hydrogen-bond acceptors (Lipinski definition) is 4. The van der Waals surface area contributed by atoms with Gasteiger partial charge in [-0.05, 0) is 66.9 Å². The molecule has 1 rings (SSSR count). The highest BCUT2D eigenvalue weighted by atomic mass is 28.4. The number of hydrogen-bond donors (Lipinski definition) is 0. The fourth-order valence-corrected chi connectivity index (χ4v) is 5.55. The van der Waals surface area contributed by atoms with Crippen LogP contribution in [0.5, 0.6) is 17.2 Å². The maximum atomic E-state index is 6.90. The van der Waals surface area contributed by atoms with Crippen molar-refractivity contribution >= 4 is 31.2 Å². The lowest BCUT2D eigenvalue weighted by atomic mass is 10.2. The van der Waals surface area contributed by atoms with Crippen LogP contribution in [0.1, 0.15) is 81.2 Å². The summed E-state index contributed by atoms with van der Waals surface area (Å²) in [7, 11) is -6.28. The van der Waals surface area contributed by atoms with Crippen molar-refractivity contribution in [2.75, 3.05) is 6.54 Å². The van der Waals surface area contributed by atoms with Crippen LogP contribution in [0.3, 0.4) is 0 Å². The molecular formula is C28H55NO3Si3. The fourth-order valence-electron chi connectivity index (χ4n) is 2.48. The summed E-state index contributed by atoms with van der Waals surface area (Å²) >= 11 is 0. The molecular weight excluding hydrogens is 483 g/mol. The highest BCUT2D eigenvalue weighted by Gasteiger charge is 2.43. The molecule has 0 radical (unpaired) electrons. The molecule has 202 valence electrons. The molecule has 0 aliphatic rings. The van der Waals surface area contributed by atoms with Crippen LogP contribution in [0.15, 0.2) is 17.1 Å². The summed E-state index contributed by atoms with van der Waals surface area (Å²) in [6.07, 6.45) is 2.97. The maximum Gasteiger partial charge on any atom is 0.250 e. The van der Waals surface area contributed by atoms with Crippen molar-refractivity contribution in [2.24, 2.45) is 4.99 Å². The minimum Gasteiger partial charge on any atom is -0.543 e. The van der Waals surface area contributed by atoms with Crippen LogP contribution < -0.4 is 13.3 Å². The van der Waals surface area contributed by atoms with Gasteiger partial charge in [-0.2, -0.15) is 0 Å². The minimum absolute atomic E-state index is 0.0724. The molecule has 0 amide bonds. The molecule has 0 aliphatic heterocycles. The van der Waals surface area contributed by atoms with E-state index in [-0.39, 0.29) is 15.1 Å². The highest BCUT2D eigenvalue weighted by Crippen LogP contribution is 2.46. The first-order valence-corrected chi connectivity index (χ1v) is 21.9. The Labute approximate surface area is 220 Å². The van der Waals surface area contributed by atoms with Crippen molar-refractivity contribution in [3.05, 3.63) is 17.7 Å². The summed E-state index contributed by atoms with van der Waals surface area (Å²) in [4.78, 5) is 4.68. The Bertz CT molecular complexity index is 886. The van der Waals surface area contributed by atoms with E-state index in [1.54, 1.807) is 0 Å². The zero-order valence-electron chi connectivity index (χ0n) is 25.8. The fraction of sp³-hybridized carbons (Fsp3) is 0.750. The molecule has 0 bridgehead atoms. The molecule has 4 nitrogen and oxygen atoms in total. The Morgan fingerprint density at radius 1 is 0.629 bits per heavy atom. The lowest BCUT2D eigenvalue weighted by Gasteiger charge is -2.40. The van der Waals surface area contributed by atoms with Gasteiger partial charge in [0.2, 0.25) is 0 Å². The minimum atomic E-state index is -2.11. The van der Waals surface area contributed by atoms with E-state index >= 15 is 0 Å². The van der Waals surface area contributed by atoms with Gasteiger partial charge in [0.1, 0.15) is 17.2 Å². The molecule has 35 heavy (non-hydrogen) atoms. The zero-order chi connectivity index (χ0) is 27.7. The van der Waals surface area contributed by atoms with E-state index in [4.69, 9.17) is 13.3 Å². The molecule has 0 N–H and O–H groups in total. The number of rotatable bonds is 9. The predicted octanol–water partition coefficient (Wildman–Crippen LogP) is 9.67. The van der Waals surface area contributed by atoms with Crippen LogP contribution in [0.4, 0.5) is 0 Å². The zero-order valence-corrected chi connectivity index (χ0v) is 28.8. The molecule has 0 aromatic heterocycles. The molecule has 0 spiro atoms. The quantitative estimate of drug-likeness (QED) is 0.232. The van der Waals surface area contributed by atoms with Gasteiger partial charge < -0.3 is 13.3 Å². The first kappa shape index (κ1) is 32.0. The van der Waals surface area contributed by atoms with E-state index < -0.39 is 25.0 Å². The monoisotopic (exact) mass is 537 g/mol. The van der Waals surface area contributed by atoms with Crippen molar-refractivity contribution in [2.45, 2.75) is 130 Å². The van der Waals surface area contributed by atoms with Crippen molar-refractivity contribution in [3.8, 4) is 17.2 Å². The SMILES string of the molecule is CCC/N=C\c1cc(O[Si](C)(C)C(C)(C)C)c(O[Si](C)(C)C(C)(C)C)cc1O[Si](C)(C)C(C)(C)C. The Hall–Kier alpha value is -1.06. The van der Waals surface area contributed by atoms with Crippen LogP contribution >= 0.6 is 0 Å². The van der Waals surface area contributed by atoms with Crippen molar-refractivity contribution in [1.29, 1.82) is 0 Å². The molecule has 1 aromatic carbocycles. The first-order chi connectivity index (χ1) is 15.5. The van der Waals surface area contributed by atoms with Crippen molar-refractivity contribution in [3.63, 3.8) is 0 Å². The number of aliphatic imine (C=N–C) groups is 1. The van der Waals surface area contributed by atoms with Crippen LogP contribution in [0.2, 0.25) is 54.4 Å². The summed E-state index contributed by atoms with van der Waals surface area (Å²) < 4.78 is 20.7. The van der Waals surface area contributed by atoms with E-state index in [9.17, 15) is 0 Å². The average molecular weight is 538 g/mol. The third-order valence-corrected chi connectivity index (χ3v) is 21.2. The van der Waals surface area contributed by atoms with Crippen LogP contribution in [-0.2, 0) is 0 Å². The normalized spacial score (nSPS) is 14.4. The second kappa shape index (κ2) is 10.7. The molecule has 0 saturated carbocycles. The second-order valence-electron chi connectivity index (χ2n) is 14.5. The lowest BCUT2D eigenvalue weighted by molar-refractivity contribution is 0.434. The van der Waals surface area contributed by atoms with Crippen molar-refractivity contribution < 1.29 is 13.3 Å². The van der Waals surface area contributed by atoms with E-state index in [0.717, 1.165) is 35.8 Å². The van der Waals surface area contributed by atoms with E-state index in [0.29, 0.717) is 0 Å². The average Bonchev–Trinajstić information content (AvgIpc) is 2.61. The number of nitrogens with zero attached hydrogens (tertiary/aromatic N) is 1. The lowest BCUT2D eigenvalue weighted by Crippen LogP contribution is -2.46. The second-order valence-corrected chi connectivity index (χ2v) is 28.6. The van der Waals surface area contributed by atoms with Gasteiger partial charge in [-0.15, -0.1) is 0 Å². The summed E-state index contributed by atoms with van der Waals surface area (Å²) in [5.41, 5.74) is 0.972. The van der Waals surface area contributed by atoms with Gasteiger partial charge in [0.05, 0.1) is 0 Å². The van der Waals surface area contributed by atoms with Gasteiger partial charge in [-0.1, -0.05) is 69.2 Å². The molecule has 0 atom stereocenters. The molecule has 0 fully saturated rings. The Morgan fingerprint density at radius 2 is 0.971 bits per heavy atom. The van der Waals surface area contributed by atoms with E-state index in [2.05, 4.69) is 126 Å². The third kappa shape index (κ3) is 8.22. The van der Waals surface area contributed by atoms with Gasteiger partial charge in [0.25, 0.3) is 25.0 Å². The number of benzene rings is 1. The summed E-state index contributed by atoms with van der Waals surface area (Å²) in [6, 6.07) is 4.21. The van der Waals surface area contributed by atoms with E-state index in [1.165, 1.54) is 0 Å². The van der Waals surface area contributed by atoms with Gasteiger partial charge in [0.15, 0.2) is 0 Å². The van der Waals surface area contributed by atoms with Gasteiger partial charge in [-0.3, -0.25) is 4.99 Å². The Kier molecular flexibility index (Phi) is 9.81. The van der Waals surface area contributed by atoms with Gasteiger partial charge in [-0.25, -0.2) is 0 Å². The summed E-state index contributed by atoms with van der Waals surface area (Å²) in [6.45, 7) is 37.1. The summed E-state index contributed by atoms with van der Waals surface area (Å²) in [5.74, 6) is 2.48. The first-order valence-electron chi connectivity index (χ1n) is 13.2. The molecule has 7 heteroatoms. The summed E-state index contributed by atoms with van der Waals surface area (Å²) in [5, 5.41) is 0.235. The largest absolute Gasteiger partial charge is 0.543 e. The molecule has 0 unspecified atom stereocenters. The Balaban J connectivity index is 3.83. The van der Waals surface area contributed by atoms with Crippen LogP contribution in [0.25, 0.3) is 0 Å². The smallest absolute Gasteiger partial charge is 0.250 e. The standard InChI is InChI=1S/C28H55NO3Si3/c1-17-18-29-21-22-19-24(31-34(13,14)27(5,6)7)25(32-35(15,16)28(8,9)10)20-23(22)30-33(11,12)26(2,3)4/h19-21H,17-18H2,1-16H3/b29-21-. The van der Waals surface area contributed by atoms with Crippen LogP contribution in [0, 0.1) is 0 Å². The van der Waals surface area contributed by atoms with Crippen LogP contribution in [-0.4, -0.2) is 37.7 Å². The van der Waals surface area contributed by atoms with Crippen molar-refractivity contribution in [1.82, 2.24) is 0 Å². The Morgan fingerprint density at radius 3 is 1.31 bits per heavy atom. The molecule has 0 aliphatic carbocycles. The maximum absolute atomic E-state index is 6.90. The molecule has 0 heterocycles. The van der Waals surface area contributed by atoms with E-state index in [1.807, 2.05) is 6.21 Å². The topological polar surface area (TPSA) is 40.0 Å². The molecule has 0 saturated heterocycles. The highest BCUT2D eigenvalue weighted by molar-refractivity contribution is 6.76. The third-order valence-electron chi connectivity index (χ3n) is 8.17. The predicted molar refractivity (Wildman–Crippen MR) is 163 cm³/mol.